The fraction of sp³-hybridized carbons (Fsp3) is 0.333. The van der Waals surface area contributed by atoms with Crippen LogP contribution in [-0.2, 0) is 4.79 Å². The van der Waals surface area contributed by atoms with Crippen LogP contribution in [0.15, 0.2) is 42.5 Å². The van der Waals surface area contributed by atoms with Crippen LogP contribution < -0.4 is 16.4 Å². The van der Waals surface area contributed by atoms with E-state index in [1.54, 1.807) is 36.4 Å². The number of carbonyl (C=O) groups is 2. The molecular weight excluding hydrogens is 364 g/mol. The van der Waals surface area contributed by atoms with Crippen LogP contribution in [-0.4, -0.2) is 18.1 Å². The molecule has 0 unspecified atom stereocenters. The molecule has 7 heteroatoms. The highest BCUT2D eigenvalue weighted by molar-refractivity contribution is 5.89. The minimum absolute atomic E-state index is 0.00432. The van der Waals surface area contributed by atoms with E-state index < -0.39 is 30.1 Å². The summed E-state index contributed by atoms with van der Waals surface area (Å²) in [6, 6.07) is 10.0. The molecule has 1 aliphatic carbocycles. The predicted molar refractivity (Wildman–Crippen MR) is 103 cm³/mol. The molecule has 0 spiro atoms. The summed E-state index contributed by atoms with van der Waals surface area (Å²) in [5.74, 6) is -1.52. The lowest BCUT2D eigenvalue weighted by atomic mass is 9.93. The van der Waals surface area contributed by atoms with Crippen LogP contribution in [0.25, 0.3) is 0 Å². The van der Waals surface area contributed by atoms with E-state index >= 15 is 0 Å². The summed E-state index contributed by atoms with van der Waals surface area (Å²) < 4.78 is 27.9. The molecular formula is C21H23F2N3O2. The van der Waals surface area contributed by atoms with Gasteiger partial charge in [-0.1, -0.05) is 44.2 Å². The zero-order valence-corrected chi connectivity index (χ0v) is 15.7. The van der Waals surface area contributed by atoms with E-state index in [1.165, 1.54) is 6.07 Å². The van der Waals surface area contributed by atoms with Gasteiger partial charge in [-0.2, -0.15) is 0 Å². The predicted octanol–water partition coefficient (Wildman–Crippen LogP) is 4.00. The molecule has 0 heterocycles. The number of nitrogens with one attached hydrogen (secondary N) is 2. The number of primary amides is 1. The molecule has 0 bridgehead atoms. The Balaban J connectivity index is 2.02. The minimum atomic E-state index is -1.15. The Labute approximate surface area is 162 Å². The topological polar surface area (TPSA) is 84.2 Å². The molecule has 1 fully saturated rings. The van der Waals surface area contributed by atoms with E-state index in [-0.39, 0.29) is 18.2 Å². The number of hydrogen-bond donors (Lipinski definition) is 3. The number of carbonyl (C=O) groups excluding carboxylic acids is 2. The van der Waals surface area contributed by atoms with Gasteiger partial charge in [-0.3, -0.25) is 4.79 Å². The van der Waals surface area contributed by atoms with Gasteiger partial charge in [0.05, 0.1) is 12.0 Å². The molecule has 3 amide bonds. The van der Waals surface area contributed by atoms with Crippen LogP contribution in [0, 0.1) is 11.7 Å². The number of anilines is 1. The second-order valence-electron chi connectivity index (χ2n) is 7.31. The van der Waals surface area contributed by atoms with E-state index in [1.807, 2.05) is 13.8 Å². The number of nitrogens with two attached hydrogens (primary N) is 1. The largest absolute Gasteiger partial charge is 0.351 e. The highest BCUT2D eigenvalue weighted by atomic mass is 19.1. The second-order valence-corrected chi connectivity index (χ2v) is 7.31. The Kier molecular flexibility index (Phi) is 5.63. The normalized spacial score (nSPS) is 19.2. The fourth-order valence-electron chi connectivity index (χ4n) is 3.21. The van der Waals surface area contributed by atoms with Crippen LogP contribution in [0.1, 0.15) is 48.9 Å². The Bertz CT molecular complexity index is 901. The Morgan fingerprint density at radius 2 is 1.82 bits per heavy atom. The van der Waals surface area contributed by atoms with Crippen molar-refractivity contribution in [2.75, 3.05) is 5.32 Å². The molecule has 0 aromatic heterocycles. The monoisotopic (exact) mass is 387 g/mol. The molecule has 0 radical (unpaired) electrons. The summed E-state index contributed by atoms with van der Waals surface area (Å²) >= 11 is 0. The number of urea groups is 1. The number of alkyl halides is 1. The summed E-state index contributed by atoms with van der Waals surface area (Å²) in [5, 5.41) is 5.31. The zero-order chi connectivity index (χ0) is 20.4. The number of hydrogen-bond acceptors (Lipinski definition) is 2. The first kappa shape index (κ1) is 19.8. The lowest BCUT2D eigenvalue weighted by molar-refractivity contribution is -0.123. The van der Waals surface area contributed by atoms with Crippen molar-refractivity contribution in [3.63, 3.8) is 0 Å². The number of halogens is 2. The van der Waals surface area contributed by atoms with Gasteiger partial charge in [0, 0.05) is 11.3 Å². The average molecular weight is 387 g/mol. The third-order valence-electron chi connectivity index (χ3n) is 4.85. The van der Waals surface area contributed by atoms with Crippen LogP contribution in [0.2, 0.25) is 0 Å². The van der Waals surface area contributed by atoms with Gasteiger partial charge < -0.3 is 16.4 Å². The summed E-state index contributed by atoms with van der Waals surface area (Å²) in [6.07, 6.45) is -0.972. The number of rotatable bonds is 6. The van der Waals surface area contributed by atoms with Gasteiger partial charge in [0.1, 0.15) is 12.0 Å². The molecule has 2 aromatic rings. The first-order valence-electron chi connectivity index (χ1n) is 9.17. The smallest absolute Gasteiger partial charge is 0.316 e. The maximum atomic E-state index is 14.6. The first-order chi connectivity index (χ1) is 13.3. The van der Waals surface area contributed by atoms with Gasteiger partial charge in [0.25, 0.3) is 0 Å². The summed E-state index contributed by atoms with van der Waals surface area (Å²) in [5.41, 5.74) is 7.21. The van der Waals surface area contributed by atoms with Gasteiger partial charge in [0.2, 0.25) is 5.91 Å². The molecule has 148 valence electrons. The van der Waals surface area contributed by atoms with E-state index in [9.17, 15) is 18.4 Å². The van der Waals surface area contributed by atoms with Crippen molar-refractivity contribution in [2.45, 2.75) is 38.4 Å². The van der Waals surface area contributed by atoms with Crippen molar-refractivity contribution < 1.29 is 18.4 Å². The highest BCUT2D eigenvalue weighted by Crippen LogP contribution is 2.36. The molecule has 0 aliphatic heterocycles. The van der Waals surface area contributed by atoms with E-state index in [4.69, 9.17) is 5.73 Å². The summed E-state index contributed by atoms with van der Waals surface area (Å²) in [7, 11) is 0. The molecule has 3 rings (SSSR count). The number of benzene rings is 2. The van der Waals surface area contributed by atoms with Gasteiger partial charge >= 0.3 is 6.03 Å². The second kappa shape index (κ2) is 7.96. The van der Waals surface area contributed by atoms with Crippen molar-refractivity contribution >= 4 is 17.6 Å². The SMILES string of the molecule is CC(C)c1ccc([C@@H](NC(=O)[C@H]2C[C@@H]2F)c2ccccc2NC(N)=O)cc1F. The van der Waals surface area contributed by atoms with Crippen molar-refractivity contribution in [1.82, 2.24) is 5.32 Å². The Hall–Kier alpha value is -2.96. The van der Waals surface area contributed by atoms with Crippen molar-refractivity contribution in [3.8, 4) is 0 Å². The van der Waals surface area contributed by atoms with Crippen LogP contribution in [0.5, 0.6) is 0 Å². The quantitative estimate of drug-likeness (QED) is 0.700. The summed E-state index contributed by atoms with van der Waals surface area (Å²) in [6.45, 7) is 3.77. The summed E-state index contributed by atoms with van der Waals surface area (Å²) in [4.78, 5) is 23.8. The Morgan fingerprint density at radius 3 is 2.39 bits per heavy atom. The lowest BCUT2D eigenvalue weighted by Crippen LogP contribution is -2.32. The number of amides is 3. The zero-order valence-electron chi connectivity index (χ0n) is 15.7. The van der Waals surface area contributed by atoms with Gasteiger partial charge in [-0.05, 0) is 35.6 Å². The molecule has 2 aromatic carbocycles. The van der Waals surface area contributed by atoms with Crippen LogP contribution in [0.3, 0.4) is 0 Å². The molecule has 1 saturated carbocycles. The molecule has 3 atom stereocenters. The first-order valence-corrected chi connectivity index (χ1v) is 9.17. The molecule has 1 aliphatic rings. The van der Waals surface area contributed by atoms with Crippen LogP contribution in [0.4, 0.5) is 19.3 Å². The third-order valence-corrected chi connectivity index (χ3v) is 4.85. The van der Waals surface area contributed by atoms with E-state index in [2.05, 4.69) is 10.6 Å². The van der Waals surface area contributed by atoms with Gasteiger partial charge in [0.15, 0.2) is 0 Å². The molecule has 5 nitrogen and oxygen atoms in total. The van der Waals surface area contributed by atoms with Crippen molar-refractivity contribution in [2.24, 2.45) is 11.7 Å². The van der Waals surface area contributed by atoms with Gasteiger partial charge in [-0.15, -0.1) is 0 Å². The van der Waals surface area contributed by atoms with Crippen molar-refractivity contribution in [3.05, 3.63) is 65.0 Å². The van der Waals surface area contributed by atoms with E-state index in [0.29, 0.717) is 22.4 Å². The highest BCUT2D eigenvalue weighted by Gasteiger charge is 2.44. The minimum Gasteiger partial charge on any atom is -0.351 e. The molecule has 28 heavy (non-hydrogen) atoms. The van der Waals surface area contributed by atoms with E-state index in [0.717, 1.165) is 0 Å². The Morgan fingerprint density at radius 1 is 1.14 bits per heavy atom. The van der Waals surface area contributed by atoms with Gasteiger partial charge in [-0.25, -0.2) is 13.6 Å². The number of para-hydroxylation sites is 1. The average Bonchev–Trinajstić information content (AvgIpc) is 3.36. The molecule has 0 saturated heterocycles. The lowest BCUT2D eigenvalue weighted by Gasteiger charge is -2.23. The standard InChI is InChI=1S/C21H23F2N3O2/c1-11(2)13-8-7-12(9-16(13)22)19(26-20(27)15-10-17(15)23)14-5-3-4-6-18(14)25-21(24)28/h3-9,11,15,17,19H,10H2,1-2H3,(H,26,27)(H3,24,25,28)/t15-,17-,19+/m0/s1. The maximum Gasteiger partial charge on any atom is 0.316 e. The maximum absolute atomic E-state index is 14.6. The van der Waals surface area contributed by atoms with Crippen molar-refractivity contribution in [1.29, 1.82) is 0 Å². The van der Waals surface area contributed by atoms with Crippen LogP contribution >= 0.6 is 0 Å². The fourth-order valence-corrected chi connectivity index (χ4v) is 3.21. The molecule has 4 N–H and O–H groups in total. The third kappa shape index (κ3) is 4.30.